The molecule has 2 heterocycles. The van der Waals surface area contributed by atoms with Gasteiger partial charge in [-0.25, -0.2) is 4.39 Å². The number of amides is 1. The third kappa shape index (κ3) is 3.80. The fourth-order valence-corrected chi connectivity index (χ4v) is 3.35. The second-order valence-corrected chi connectivity index (χ2v) is 6.66. The van der Waals surface area contributed by atoms with E-state index in [1.54, 1.807) is 12.1 Å². The molecule has 2 aliphatic heterocycles. The highest BCUT2D eigenvalue weighted by molar-refractivity contribution is 5.79. The zero-order valence-electron chi connectivity index (χ0n) is 14.5. The zero-order chi connectivity index (χ0) is 17.9. The van der Waals surface area contributed by atoms with E-state index in [0.717, 1.165) is 42.1 Å². The fraction of sp³-hybridized carbons (Fsp3) is 0.350. The second kappa shape index (κ2) is 7.33. The number of fused-ring (bicyclic) bond motifs is 1. The normalized spacial score (nSPS) is 17.0. The third-order valence-electron chi connectivity index (χ3n) is 4.81. The maximum Gasteiger partial charge on any atom is 0.237 e. The molecule has 2 aromatic rings. The highest BCUT2D eigenvalue weighted by Gasteiger charge is 2.24. The molecule has 0 aromatic heterocycles. The Morgan fingerprint density at radius 1 is 1.00 bits per heavy atom. The molecule has 2 aliphatic rings. The summed E-state index contributed by atoms with van der Waals surface area (Å²) in [5.41, 5.74) is 2.00. The summed E-state index contributed by atoms with van der Waals surface area (Å²) in [6, 6.07) is 12.4. The lowest BCUT2D eigenvalue weighted by molar-refractivity contribution is -0.136. The molecule has 0 aliphatic carbocycles. The van der Waals surface area contributed by atoms with Crippen LogP contribution in [0.4, 0.5) is 4.39 Å². The number of benzene rings is 2. The van der Waals surface area contributed by atoms with Gasteiger partial charge in [0.1, 0.15) is 5.82 Å². The number of nitrogens with zero attached hydrogens (tertiary/aromatic N) is 2. The van der Waals surface area contributed by atoms with Gasteiger partial charge in [0.25, 0.3) is 0 Å². The van der Waals surface area contributed by atoms with Crippen LogP contribution in [0.2, 0.25) is 0 Å². The van der Waals surface area contributed by atoms with Crippen molar-refractivity contribution in [2.75, 3.05) is 33.0 Å². The summed E-state index contributed by atoms with van der Waals surface area (Å²) in [5, 5.41) is 0. The van der Waals surface area contributed by atoms with Crippen molar-refractivity contribution in [1.82, 2.24) is 9.80 Å². The van der Waals surface area contributed by atoms with Crippen LogP contribution >= 0.6 is 0 Å². The lowest BCUT2D eigenvalue weighted by atomic mass is 10.1. The van der Waals surface area contributed by atoms with Crippen molar-refractivity contribution in [3.8, 4) is 11.5 Å². The molecule has 6 heteroatoms. The summed E-state index contributed by atoms with van der Waals surface area (Å²) < 4.78 is 24.0. The number of hydrogen-bond acceptors (Lipinski definition) is 4. The van der Waals surface area contributed by atoms with Gasteiger partial charge in [0.15, 0.2) is 11.5 Å². The number of hydrogen-bond donors (Lipinski definition) is 0. The average Bonchev–Trinajstić information content (AvgIpc) is 3.10. The quantitative estimate of drug-likeness (QED) is 0.825. The monoisotopic (exact) mass is 356 g/mol. The molecule has 2 aromatic carbocycles. The average molecular weight is 356 g/mol. The molecule has 1 saturated heterocycles. The SMILES string of the molecule is O=C1CN(CCc2cccc(F)c2)CCN1Cc1ccc2c(c1)OCO2. The van der Waals surface area contributed by atoms with Crippen molar-refractivity contribution in [1.29, 1.82) is 0 Å². The molecule has 5 nitrogen and oxygen atoms in total. The summed E-state index contributed by atoms with van der Waals surface area (Å²) in [6.45, 7) is 3.50. The predicted molar refractivity (Wildman–Crippen MR) is 94.5 cm³/mol. The van der Waals surface area contributed by atoms with E-state index in [1.165, 1.54) is 6.07 Å². The van der Waals surface area contributed by atoms with Crippen molar-refractivity contribution in [2.24, 2.45) is 0 Å². The first-order chi connectivity index (χ1) is 12.7. The van der Waals surface area contributed by atoms with E-state index in [0.29, 0.717) is 19.6 Å². The Hall–Kier alpha value is -2.60. The Bertz CT molecular complexity index is 811. The Morgan fingerprint density at radius 2 is 1.88 bits per heavy atom. The van der Waals surface area contributed by atoms with E-state index >= 15 is 0 Å². The predicted octanol–water partition coefficient (Wildman–Crippen LogP) is 2.44. The number of ether oxygens (including phenoxy) is 2. The molecule has 0 spiro atoms. The van der Waals surface area contributed by atoms with Gasteiger partial charge < -0.3 is 14.4 Å². The van der Waals surface area contributed by atoms with Crippen LogP contribution in [0.25, 0.3) is 0 Å². The first kappa shape index (κ1) is 16.8. The lowest BCUT2D eigenvalue weighted by Gasteiger charge is -2.34. The Labute approximate surface area is 151 Å². The first-order valence-corrected chi connectivity index (χ1v) is 8.80. The Morgan fingerprint density at radius 3 is 2.73 bits per heavy atom. The smallest absolute Gasteiger partial charge is 0.237 e. The zero-order valence-corrected chi connectivity index (χ0v) is 14.5. The fourth-order valence-electron chi connectivity index (χ4n) is 3.35. The van der Waals surface area contributed by atoms with Crippen LogP contribution in [-0.4, -0.2) is 48.7 Å². The molecule has 0 bridgehead atoms. The van der Waals surface area contributed by atoms with Crippen molar-refractivity contribution in [3.05, 3.63) is 59.4 Å². The Balaban J connectivity index is 1.30. The molecule has 136 valence electrons. The highest BCUT2D eigenvalue weighted by atomic mass is 19.1. The number of piperazine rings is 1. The minimum absolute atomic E-state index is 0.119. The van der Waals surface area contributed by atoms with E-state index in [9.17, 15) is 9.18 Å². The maximum atomic E-state index is 13.2. The Kier molecular flexibility index (Phi) is 4.75. The van der Waals surface area contributed by atoms with Crippen LogP contribution in [0.1, 0.15) is 11.1 Å². The topological polar surface area (TPSA) is 42.0 Å². The molecule has 0 unspecified atom stereocenters. The van der Waals surface area contributed by atoms with Crippen LogP contribution in [0.15, 0.2) is 42.5 Å². The van der Waals surface area contributed by atoms with Gasteiger partial charge in [-0.2, -0.15) is 0 Å². The van der Waals surface area contributed by atoms with E-state index in [-0.39, 0.29) is 18.5 Å². The molecule has 0 N–H and O–H groups in total. The van der Waals surface area contributed by atoms with Crippen LogP contribution in [-0.2, 0) is 17.8 Å². The molecule has 0 radical (unpaired) electrons. The summed E-state index contributed by atoms with van der Waals surface area (Å²) in [5.74, 6) is 1.39. The van der Waals surface area contributed by atoms with Gasteiger partial charge in [-0.3, -0.25) is 9.69 Å². The maximum absolute atomic E-state index is 13.2. The number of halogens is 1. The van der Waals surface area contributed by atoms with Crippen LogP contribution in [0, 0.1) is 5.82 Å². The van der Waals surface area contributed by atoms with Gasteiger partial charge >= 0.3 is 0 Å². The summed E-state index contributed by atoms with van der Waals surface area (Å²) in [7, 11) is 0. The summed E-state index contributed by atoms with van der Waals surface area (Å²) in [4.78, 5) is 16.5. The van der Waals surface area contributed by atoms with Crippen molar-refractivity contribution >= 4 is 5.91 Å². The molecule has 1 fully saturated rings. The largest absolute Gasteiger partial charge is 0.454 e. The first-order valence-electron chi connectivity index (χ1n) is 8.80. The number of carbonyl (C=O) groups excluding carboxylic acids is 1. The summed E-state index contributed by atoms with van der Waals surface area (Å²) in [6.07, 6.45) is 0.743. The van der Waals surface area contributed by atoms with Gasteiger partial charge in [-0.05, 0) is 41.8 Å². The van der Waals surface area contributed by atoms with Crippen LogP contribution < -0.4 is 9.47 Å². The molecule has 0 saturated carbocycles. The summed E-state index contributed by atoms with van der Waals surface area (Å²) >= 11 is 0. The second-order valence-electron chi connectivity index (χ2n) is 6.66. The molecule has 4 rings (SSSR count). The molecular weight excluding hydrogens is 335 g/mol. The highest BCUT2D eigenvalue weighted by Crippen LogP contribution is 2.32. The van der Waals surface area contributed by atoms with Gasteiger partial charge in [-0.1, -0.05) is 18.2 Å². The van der Waals surface area contributed by atoms with Gasteiger partial charge in [0.05, 0.1) is 6.54 Å². The number of carbonyl (C=O) groups is 1. The van der Waals surface area contributed by atoms with E-state index in [4.69, 9.17) is 9.47 Å². The van der Waals surface area contributed by atoms with Gasteiger partial charge in [-0.15, -0.1) is 0 Å². The molecule has 0 atom stereocenters. The van der Waals surface area contributed by atoms with Crippen molar-refractivity contribution in [3.63, 3.8) is 0 Å². The molecule has 26 heavy (non-hydrogen) atoms. The molecule has 1 amide bonds. The van der Waals surface area contributed by atoms with Crippen LogP contribution in [0.3, 0.4) is 0 Å². The minimum Gasteiger partial charge on any atom is -0.454 e. The number of rotatable bonds is 5. The standard InChI is InChI=1S/C20H21FN2O3/c21-17-3-1-2-15(10-17)6-7-22-8-9-23(20(24)13-22)12-16-4-5-18-19(11-16)26-14-25-18/h1-5,10-11H,6-9,12-14H2. The van der Waals surface area contributed by atoms with Gasteiger partial charge in [0, 0.05) is 26.2 Å². The van der Waals surface area contributed by atoms with Crippen molar-refractivity contribution < 1.29 is 18.7 Å². The molecular formula is C20H21FN2O3. The minimum atomic E-state index is -0.216. The third-order valence-corrected chi connectivity index (χ3v) is 4.81. The van der Waals surface area contributed by atoms with Crippen molar-refractivity contribution in [2.45, 2.75) is 13.0 Å². The lowest BCUT2D eigenvalue weighted by Crippen LogP contribution is -2.50. The van der Waals surface area contributed by atoms with E-state index in [1.807, 2.05) is 29.2 Å². The van der Waals surface area contributed by atoms with E-state index < -0.39 is 0 Å². The van der Waals surface area contributed by atoms with Crippen LogP contribution in [0.5, 0.6) is 11.5 Å². The van der Waals surface area contributed by atoms with Gasteiger partial charge in [0.2, 0.25) is 12.7 Å². The van der Waals surface area contributed by atoms with E-state index in [2.05, 4.69) is 4.90 Å².